The second-order valence-corrected chi connectivity index (χ2v) is 5.21. The number of furan rings is 1. The summed E-state index contributed by atoms with van der Waals surface area (Å²) in [5.41, 5.74) is 7.59. The van der Waals surface area contributed by atoms with Crippen LogP contribution >= 0.6 is 0 Å². The Labute approximate surface area is 132 Å². The van der Waals surface area contributed by atoms with Crippen LogP contribution in [0.2, 0.25) is 0 Å². The molecule has 0 bridgehead atoms. The Morgan fingerprint density at radius 3 is 2.87 bits per heavy atom. The first-order chi connectivity index (χ1) is 11.1. The van der Waals surface area contributed by atoms with Crippen molar-refractivity contribution in [3.05, 3.63) is 59.1 Å². The summed E-state index contributed by atoms with van der Waals surface area (Å²) in [5.74, 6) is 0.233. The van der Waals surface area contributed by atoms with Gasteiger partial charge in [-0.2, -0.15) is 0 Å². The van der Waals surface area contributed by atoms with E-state index in [0.717, 1.165) is 5.39 Å². The number of pyridine rings is 1. The fourth-order valence-electron chi connectivity index (χ4n) is 2.46. The molecule has 3 rings (SSSR count). The molecule has 0 unspecified atom stereocenters. The molecule has 2 heterocycles. The highest BCUT2D eigenvalue weighted by Gasteiger charge is 2.14. The minimum atomic E-state index is -0.537. The lowest BCUT2D eigenvalue weighted by Gasteiger charge is -2.07. The van der Waals surface area contributed by atoms with Crippen molar-refractivity contribution in [1.82, 2.24) is 4.98 Å². The van der Waals surface area contributed by atoms with Crippen molar-refractivity contribution in [2.75, 3.05) is 7.11 Å². The zero-order valence-electron chi connectivity index (χ0n) is 12.6. The van der Waals surface area contributed by atoms with Crippen LogP contribution in [0.15, 0.2) is 40.8 Å². The number of amides is 1. The van der Waals surface area contributed by atoms with E-state index in [4.69, 9.17) is 14.9 Å². The summed E-state index contributed by atoms with van der Waals surface area (Å²) >= 11 is 0. The Balaban J connectivity index is 1.98. The Kier molecular flexibility index (Phi) is 3.99. The maximum Gasteiger partial charge on any atom is 0.250 e. The average Bonchev–Trinajstić information content (AvgIpc) is 2.88. The van der Waals surface area contributed by atoms with E-state index in [1.54, 1.807) is 37.4 Å². The summed E-state index contributed by atoms with van der Waals surface area (Å²) in [7, 11) is 1.58. The number of carbonyl (C=O) groups is 1. The van der Waals surface area contributed by atoms with Crippen molar-refractivity contribution in [2.24, 2.45) is 5.73 Å². The van der Waals surface area contributed by atoms with Gasteiger partial charge in [0.05, 0.1) is 23.6 Å². The smallest absolute Gasteiger partial charge is 0.250 e. The van der Waals surface area contributed by atoms with Crippen molar-refractivity contribution < 1.29 is 19.1 Å². The van der Waals surface area contributed by atoms with Crippen LogP contribution in [-0.4, -0.2) is 23.1 Å². The Bertz CT molecular complexity index is 870. The second kappa shape index (κ2) is 6.10. The van der Waals surface area contributed by atoms with E-state index >= 15 is 0 Å². The largest absolute Gasteiger partial charge is 0.508 e. The highest BCUT2D eigenvalue weighted by molar-refractivity contribution is 5.94. The molecule has 0 saturated heterocycles. The van der Waals surface area contributed by atoms with Crippen LogP contribution in [0.1, 0.15) is 27.5 Å². The number of hydrogen-bond acceptors (Lipinski definition) is 5. The molecule has 1 amide bonds. The maximum absolute atomic E-state index is 11.6. The van der Waals surface area contributed by atoms with Gasteiger partial charge < -0.3 is 20.0 Å². The molecule has 23 heavy (non-hydrogen) atoms. The fourth-order valence-corrected chi connectivity index (χ4v) is 2.46. The van der Waals surface area contributed by atoms with Gasteiger partial charge in [0.1, 0.15) is 17.1 Å². The van der Waals surface area contributed by atoms with Gasteiger partial charge in [-0.3, -0.25) is 9.78 Å². The van der Waals surface area contributed by atoms with Gasteiger partial charge in [-0.1, -0.05) is 0 Å². The van der Waals surface area contributed by atoms with Crippen molar-refractivity contribution >= 4 is 16.9 Å². The Morgan fingerprint density at radius 1 is 1.30 bits per heavy atom. The number of phenolic OH excluding ortho intramolecular Hbond substituents is 1. The molecule has 0 fully saturated rings. The first-order valence-corrected chi connectivity index (χ1v) is 7.06. The van der Waals surface area contributed by atoms with E-state index in [0.29, 0.717) is 41.3 Å². The number of rotatable bonds is 5. The van der Waals surface area contributed by atoms with E-state index in [1.165, 1.54) is 0 Å². The first kappa shape index (κ1) is 15.1. The lowest BCUT2D eigenvalue weighted by Crippen LogP contribution is -2.16. The number of nitrogens with two attached hydrogens (primary N) is 1. The lowest BCUT2D eigenvalue weighted by atomic mass is 10.1. The van der Waals surface area contributed by atoms with E-state index in [1.807, 2.05) is 6.07 Å². The average molecular weight is 312 g/mol. The molecule has 6 heteroatoms. The van der Waals surface area contributed by atoms with Gasteiger partial charge in [-0.25, -0.2) is 0 Å². The van der Waals surface area contributed by atoms with Crippen LogP contribution in [0, 0.1) is 0 Å². The molecule has 118 valence electrons. The van der Waals surface area contributed by atoms with E-state index in [-0.39, 0.29) is 5.75 Å². The SMILES string of the molecule is COCc1ccc(C(N)=O)c(Cc2cc3ccc(O)cc3o2)n1. The molecule has 0 saturated carbocycles. The van der Waals surface area contributed by atoms with Crippen LogP contribution in [0.5, 0.6) is 5.75 Å². The number of aromatic nitrogens is 1. The third kappa shape index (κ3) is 3.17. The predicted octanol–water partition coefficient (Wildman–Crippen LogP) is 2.37. The number of hydrogen-bond donors (Lipinski definition) is 2. The van der Waals surface area contributed by atoms with Gasteiger partial charge in [0.15, 0.2) is 0 Å². The minimum absolute atomic E-state index is 0.136. The Hall–Kier alpha value is -2.86. The summed E-state index contributed by atoms with van der Waals surface area (Å²) in [4.78, 5) is 16.0. The number of nitrogens with zero attached hydrogens (tertiary/aromatic N) is 1. The maximum atomic E-state index is 11.6. The summed E-state index contributed by atoms with van der Waals surface area (Å²) in [6.07, 6.45) is 0.325. The van der Waals surface area contributed by atoms with E-state index in [2.05, 4.69) is 4.98 Å². The molecule has 0 atom stereocenters. The number of phenols is 1. The van der Waals surface area contributed by atoms with Gasteiger partial charge in [-0.15, -0.1) is 0 Å². The number of benzene rings is 1. The zero-order valence-corrected chi connectivity index (χ0v) is 12.6. The number of primary amides is 1. The first-order valence-electron chi connectivity index (χ1n) is 7.06. The van der Waals surface area contributed by atoms with Gasteiger partial charge in [-0.05, 0) is 30.3 Å². The summed E-state index contributed by atoms with van der Waals surface area (Å²) in [6.45, 7) is 0.347. The molecule has 0 aliphatic carbocycles. The summed E-state index contributed by atoms with van der Waals surface area (Å²) in [6, 6.07) is 10.1. The number of ether oxygens (including phenoxy) is 1. The normalized spacial score (nSPS) is 11.0. The van der Waals surface area contributed by atoms with Crippen molar-refractivity contribution in [3.63, 3.8) is 0 Å². The molecule has 3 N–H and O–H groups in total. The minimum Gasteiger partial charge on any atom is -0.508 e. The summed E-state index contributed by atoms with van der Waals surface area (Å²) < 4.78 is 10.8. The van der Waals surface area contributed by atoms with E-state index < -0.39 is 5.91 Å². The van der Waals surface area contributed by atoms with Gasteiger partial charge in [0.25, 0.3) is 5.91 Å². The van der Waals surface area contributed by atoms with Crippen LogP contribution in [0.3, 0.4) is 0 Å². The van der Waals surface area contributed by atoms with E-state index in [9.17, 15) is 9.90 Å². The number of fused-ring (bicyclic) bond motifs is 1. The summed E-state index contributed by atoms with van der Waals surface area (Å²) in [5, 5.41) is 10.4. The quantitative estimate of drug-likeness (QED) is 0.753. The molecule has 2 aromatic heterocycles. The second-order valence-electron chi connectivity index (χ2n) is 5.21. The van der Waals surface area contributed by atoms with Gasteiger partial charge in [0, 0.05) is 25.0 Å². The van der Waals surface area contributed by atoms with Gasteiger partial charge >= 0.3 is 0 Å². The number of aromatic hydroxyl groups is 1. The van der Waals surface area contributed by atoms with Gasteiger partial charge in [0.2, 0.25) is 0 Å². The lowest BCUT2D eigenvalue weighted by molar-refractivity contribution is 0.0999. The molecule has 0 aliphatic rings. The number of methoxy groups -OCH3 is 1. The molecule has 0 radical (unpaired) electrons. The third-order valence-electron chi connectivity index (χ3n) is 3.49. The Morgan fingerprint density at radius 2 is 2.13 bits per heavy atom. The molecular weight excluding hydrogens is 296 g/mol. The fraction of sp³-hybridized carbons (Fsp3) is 0.176. The van der Waals surface area contributed by atoms with Crippen molar-refractivity contribution in [3.8, 4) is 5.75 Å². The van der Waals surface area contributed by atoms with Crippen LogP contribution in [-0.2, 0) is 17.8 Å². The van der Waals surface area contributed by atoms with Crippen LogP contribution in [0.25, 0.3) is 11.0 Å². The van der Waals surface area contributed by atoms with Crippen molar-refractivity contribution in [1.29, 1.82) is 0 Å². The molecule has 6 nitrogen and oxygen atoms in total. The standard InChI is InChI=1S/C17H16N2O4/c1-22-9-11-3-5-14(17(18)21)15(19-11)8-13-6-10-2-4-12(20)7-16(10)23-13/h2-7,20H,8-9H2,1H3,(H2,18,21). The molecular formula is C17H16N2O4. The highest BCUT2D eigenvalue weighted by atomic mass is 16.5. The molecule has 0 aliphatic heterocycles. The van der Waals surface area contributed by atoms with Crippen molar-refractivity contribution in [2.45, 2.75) is 13.0 Å². The molecule has 0 spiro atoms. The zero-order chi connectivity index (χ0) is 16.4. The predicted molar refractivity (Wildman–Crippen MR) is 84.2 cm³/mol. The topological polar surface area (TPSA) is 98.6 Å². The molecule has 1 aromatic carbocycles. The van der Waals surface area contributed by atoms with Crippen LogP contribution < -0.4 is 5.73 Å². The third-order valence-corrected chi connectivity index (χ3v) is 3.49. The monoisotopic (exact) mass is 312 g/mol. The number of carbonyl (C=O) groups excluding carboxylic acids is 1. The highest BCUT2D eigenvalue weighted by Crippen LogP contribution is 2.25. The van der Waals surface area contributed by atoms with Crippen LogP contribution in [0.4, 0.5) is 0 Å². The molecule has 3 aromatic rings.